The monoisotopic (exact) mass is 268 g/mol. The van der Waals surface area contributed by atoms with Gasteiger partial charge in [0.1, 0.15) is 18.5 Å². The molecular formula is C14H24N2O3. The van der Waals surface area contributed by atoms with Crippen LogP contribution in [0.5, 0.6) is 5.75 Å². The van der Waals surface area contributed by atoms with Crippen molar-refractivity contribution >= 4 is 0 Å². The zero-order valence-corrected chi connectivity index (χ0v) is 11.8. The van der Waals surface area contributed by atoms with Gasteiger partial charge in [0.25, 0.3) is 0 Å². The summed E-state index contributed by atoms with van der Waals surface area (Å²) in [5, 5.41) is 12.7. The summed E-state index contributed by atoms with van der Waals surface area (Å²) < 4.78 is 10.8. The number of aliphatic hydroxyl groups is 1. The Kier molecular flexibility index (Phi) is 8.13. The van der Waals surface area contributed by atoms with Crippen molar-refractivity contribution in [3.63, 3.8) is 0 Å². The quantitative estimate of drug-likeness (QED) is 0.627. The molecule has 1 atom stereocenters. The summed E-state index contributed by atoms with van der Waals surface area (Å²) in [7, 11) is 1.88. The maximum Gasteiger partial charge on any atom is 0.137 e. The Labute approximate surface area is 115 Å². The molecule has 0 aliphatic heterocycles. The molecule has 0 aliphatic rings. The third-order valence-corrected chi connectivity index (χ3v) is 2.55. The van der Waals surface area contributed by atoms with E-state index >= 15 is 0 Å². The fraction of sp³-hybridized carbons (Fsp3) is 0.643. The normalized spacial score (nSPS) is 12.4. The summed E-state index contributed by atoms with van der Waals surface area (Å²) in [6.45, 7) is 4.06. The van der Waals surface area contributed by atoms with E-state index in [2.05, 4.69) is 17.2 Å². The van der Waals surface area contributed by atoms with Gasteiger partial charge in [0.2, 0.25) is 0 Å². The molecule has 1 unspecified atom stereocenters. The minimum atomic E-state index is -0.603. The molecule has 5 nitrogen and oxygen atoms in total. The highest BCUT2D eigenvalue weighted by Gasteiger charge is 2.05. The van der Waals surface area contributed by atoms with Crippen molar-refractivity contribution in [1.29, 1.82) is 0 Å². The number of pyridine rings is 1. The van der Waals surface area contributed by atoms with Gasteiger partial charge >= 0.3 is 0 Å². The molecule has 1 aromatic heterocycles. The van der Waals surface area contributed by atoms with Gasteiger partial charge < -0.3 is 19.9 Å². The molecule has 0 fully saturated rings. The van der Waals surface area contributed by atoms with E-state index in [0.717, 1.165) is 25.1 Å². The van der Waals surface area contributed by atoms with Gasteiger partial charge in [0, 0.05) is 13.2 Å². The Bertz CT molecular complexity index is 330. The topological polar surface area (TPSA) is 63.6 Å². The fourth-order valence-corrected chi connectivity index (χ4v) is 1.49. The lowest BCUT2D eigenvalue weighted by Gasteiger charge is -2.12. The first-order chi connectivity index (χ1) is 9.26. The third-order valence-electron chi connectivity index (χ3n) is 2.55. The van der Waals surface area contributed by atoms with Crippen LogP contribution in [0.3, 0.4) is 0 Å². The van der Waals surface area contributed by atoms with Gasteiger partial charge in [-0.2, -0.15) is 0 Å². The van der Waals surface area contributed by atoms with E-state index in [1.165, 1.54) is 0 Å². The SMILES string of the molecule is CCCCOCC(O)COc1ccc(CNC)nc1. The predicted molar refractivity (Wildman–Crippen MR) is 74.2 cm³/mol. The van der Waals surface area contributed by atoms with E-state index in [1.807, 2.05) is 19.2 Å². The molecule has 0 saturated heterocycles. The lowest BCUT2D eigenvalue weighted by molar-refractivity contribution is 0.0112. The molecule has 0 amide bonds. The van der Waals surface area contributed by atoms with Gasteiger partial charge in [-0.15, -0.1) is 0 Å². The molecule has 0 aliphatic carbocycles. The van der Waals surface area contributed by atoms with E-state index < -0.39 is 6.10 Å². The van der Waals surface area contributed by atoms with Gasteiger partial charge in [-0.25, -0.2) is 0 Å². The Morgan fingerprint density at radius 2 is 2.21 bits per heavy atom. The zero-order valence-electron chi connectivity index (χ0n) is 11.8. The molecule has 0 saturated carbocycles. The second kappa shape index (κ2) is 9.72. The summed E-state index contributed by atoms with van der Waals surface area (Å²) in [6.07, 6.45) is 3.17. The average Bonchev–Trinajstić information content (AvgIpc) is 2.43. The third kappa shape index (κ3) is 7.10. The van der Waals surface area contributed by atoms with Crippen LogP contribution in [-0.2, 0) is 11.3 Å². The molecule has 1 rings (SSSR count). The Morgan fingerprint density at radius 3 is 2.84 bits per heavy atom. The Morgan fingerprint density at radius 1 is 1.37 bits per heavy atom. The number of nitrogens with zero attached hydrogens (tertiary/aromatic N) is 1. The molecular weight excluding hydrogens is 244 g/mol. The van der Waals surface area contributed by atoms with Crippen molar-refractivity contribution < 1.29 is 14.6 Å². The fourth-order valence-electron chi connectivity index (χ4n) is 1.49. The lowest BCUT2D eigenvalue weighted by atomic mass is 10.3. The van der Waals surface area contributed by atoms with E-state index in [0.29, 0.717) is 19.0 Å². The summed E-state index contributed by atoms with van der Waals surface area (Å²) in [5.41, 5.74) is 0.957. The van der Waals surface area contributed by atoms with Crippen molar-refractivity contribution in [2.45, 2.75) is 32.4 Å². The van der Waals surface area contributed by atoms with Crippen molar-refractivity contribution in [1.82, 2.24) is 10.3 Å². The number of ether oxygens (including phenoxy) is 2. The summed E-state index contributed by atoms with van der Waals surface area (Å²) in [6, 6.07) is 3.75. The molecule has 0 spiro atoms. The predicted octanol–water partition coefficient (Wildman–Crippen LogP) is 1.36. The molecule has 2 N–H and O–H groups in total. The van der Waals surface area contributed by atoms with Crippen LogP contribution in [0, 0.1) is 0 Å². The van der Waals surface area contributed by atoms with E-state index in [1.54, 1.807) is 6.20 Å². The van der Waals surface area contributed by atoms with Gasteiger partial charge in [0.15, 0.2) is 0 Å². The minimum absolute atomic E-state index is 0.221. The van der Waals surface area contributed by atoms with Gasteiger partial charge in [0.05, 0.1) is 18.5 Å². The molecule has 0 aromatic carbocycles. The molecule has 0 bridgehead atoms. The molecule has 1 heterocycles. The maximum atomic E-state index is 9.67. The summed E-state index contributed by atoms with van der Waals surface area (Å²) >= 11 is 0. The highest BCUT2D eigenvalue weighted by Crippen LogP contribution is 2.09. The van der Waals surface area contributed by atoms with Crippen LogP contribution in [0.25, 0.3) is 0 Å². The van der Waals surface area contributed by atoms with Crippen molar-refractivity contribution in [3.8, 4) is 5.75 Å². The number of nitrogens with one attached hydrogen (secondary N) is 1. The number of unbranched alkanes of at least 4 members (excludes halogenated alkanes) is 1. The van der Waals surface area contributed by atoms with E-state index in [9.17, 15) is 5.11 Å². The minimum Gasteiger partial charge on any atom is -0.489 e. The van der Waals surface area contributed by atoms with Crippen LogP contribution in [0.1, 0.15) is 25.5 Å². The average molecular weight is 268 g/mol. The summed E-state index contributed by atoms with van der Waals surface area (Å²) in [4.78, 5) is 4.23. The lowest BCUT2D eigenvalue weighted by Crippen LogP contribution is -2.23. The molecule has 0 radical (unpaired) electrons. The Hall–Kier alpha value is -1.17. The zero-order chi connectivity index (χ0) is 13.9. The molecule has 19 heavy (non-hydrogen) atoms. The number of hydrogen-bond acceptors (Lipinski definition) is 5. The smallest absolute Gasteiger partial charge is 0.137 e. The van der Waals surface area contributed by atoms with Crippen LogP contribution in [0.2, 0.25) is 0 Å². The Balaban J connectivity index is 2.20. The van der Waals surface area contributed by atoms with Gasteiger partial charge in [-0.1, -0.05) is 13.3 Å². The largest absolute Gasteiger partial charge is 0.489 e. The van der Waals surface area contributed by atoms with Crippen LogP contribution in [0.4, 0.5) is 0 Å². The second-order valence-electron chi connectivity index (χ2n) is 4.41. The first kappa shape index (κ1) is 15.9. The van der Waals surface area contributed by atoms with Crippen molar-refractivity contribution in [2.75, 3.05) is 26.9 Å². The second-order valence-corrected chi connectivity index (χ2v) is 4.41. The first-order valence-corrected chi connectivity index (χ1v) is 6.74. The van der Waals surface area contributed by atoms with Gasteiger partial charge in [-0.3, -0.25) is 4.98 Å². The van der Waals surface area contributed by atoms with E-state index in [4.69, 9.17) is 9.47 Å². The highest BCUT2D eigenvalue weighted by molar-refractivity contribution is 5.19. The van der Waals surface area contributed by atoms with Gasteiger partial charge in [-0.05, 0) is 25.6 Å². The number of aliphatic hydroxyl groups excluding tert-OH is 1. The standard InChI is InChI=1S/C14H24N2O3/c1-3-4-7-18-10-13(17)11-19-14-6-5-12(8-15-2)16-9-14/h5-6,9,13,15,17H,3-4,7-8,10-11H2,1-2H3. The number of rotatable bonds is 10. The van der Waals surface area contributed by atoms with Crippen molar-refractivity contribution in [2.24, 2.45) is 0 Å². The van der Waals surface area contributed by atoms with Crippen LogP contribution in [-0.4, -0.2) is 43.1 Å². The number of aromatic nitrogens is 1. The summed E-state index contributed by atoms with van der Waals surface area (Å²) in [5.74, 6) is 0.660. The highest BCUT2D eigenvalue weighted by atomic mass is 16.5. The maximum absolute atomic E-state index is 9.67. The molecule has 1 aromatic rings. The molecule has 108 valence electrons. The first-order valence-electron chi connectivity index (χ1n) is 6.74. The van der Waals surface area contributed by atoms with Crippen molar-refractivity contribution in [3.05, 3.63) is 24.0 Å². The van der Waals surface area contributed by atoms with E-state index in [-0.39, 0.29) is 6.61 Å². The van der Waals surface area contributed by atoms with Crippen LogP contribution < -0.4 is 10.1 Å². The van der Waals surface area contributed by atoms with Crippen LogP contribution in [0.15, 0.2) is 18.3 Å². The van der Waals surface area contributed by atoms with Crippen LogP contribution >= 0.6 is 0 Å². The molecule has 5 heteroatoms. The number of hydrogen-bond donors (Lipinski definition) is 2.